The third-order valence-electron chi connectivity index (χ3n) is 6.40. The topological polar surface area (TPSA) is 79.0 Å². The van der Waals surface area contributed by atoms with Gasteiger partial charge in [0.1, 0.15) is 5.75 Å². The van der Waals surface area contributed by atoms with Crippen molar-refractivity contribution in [2.75, 3.05) is 21.7 Å². The fraction of sp³-hybridized carbons (Fsp3) is 0.250. The lowest BCUT2D eigenvalue weighted by Crippen LogP contribution is -2.36. The summed E-state index contributed by atoms with van der Waals surface area (Å²) in [7, 11) is 0. The van der Waals surface area contributed by atoms with Crippen molar-refractivity contribution < 1.29 is 19.1 Å². The van der Waals surface area contributed by atoms with E-state index in [1.165, 1.54) is 0 Å². The van der Waals surface area contributed by atoms with Crippen LogP contribution < -0.4 is 19.9 Å². The molecular formula is C28H27N3O4. The quantitative estimate of drug-likeness (QED) is 0.573. The van der Waals surface area contributed by atoms with Crippen LogP contribution in [0.25, 0.3) is 0 Å². The highest BCUT2D eigenvalue weighted by Crippen LogP contribution is 2.41. The fourth-order valence-electron chi connectivity index (χ4n) is 4.58. The summed E-state index contributed by atoms with van der Waals surface area (Å²) in [5.41, 5.74) is 3.59. The highest BCUT2D eigenvalue weighted by atomic mass is 16.5. The SMILES string of the molecule is Cc1ccc(N2CC(C(=O)Nc3ccc4c(c3)Oc3ccccc3C(=O)N4C(C)C)CC2=O)cc1. The highest BCUT2D eigenvalue weighted by molar-refractivity contribution is 6.10. The van der Waals surface area contributed by atoms with Crippen molar-refractivity contribution in [1.82, 2.24) is 0 Å². The van der Waals surface area contributed by atoms with Crippen LogP contribution in [0.15, 0.2) is 66.7 Å². The second-order valence-corrected chi connectivity index (χ2v) is 9.28. The number of nitrogens with one attached hydrogen (secondary N) is 1. The van der Waals surface area contributed by atoms with E-state index in [1.807, 2.05) is 57.2 Å². The maximum absolute atomic E-state index is 13.2. The van der Waals surface area contributed by atoms with Gasteiger partial charge < -0.3 is 19.9 Å². The Kier molecular flexibility index (Phi) is 5.76. The summed E-state index contributed by atoms with van der Waals surface area (Å²) >= 11 is 0. The Labute approximate surface area is 204 Å². The molecule has 0 saturated carbocycles. The molecule has 2 heterocycles. The molecule has 7 heteroatoms. The van der Waals surface area contributed by atoms with Gasteiger partial charge in [0, 0.05) is 36.4 Å². The van der Waals surface area contributed by atoms with Crippen LogP contribution in [0.3, 0.4) is 0 Å². The molecule has 178 valence electrons. The summed E-state index contributed by atoms with van der Waals surface area (Å²) in [5.74, 6) is 0.0737. The first-order valence-electron chi connectivity index (χ1n) is 11.7. The predicted octanol–water partition coefficient (Wildman–Crippen LogP) is 5.15. The van der Waals surface area contributed by atoms with Crippen molar-refractivity contribution in [2.45, 2.75) is 33.2 Å². The van der Waals surface area contributed by atoms with Crippen LogP contribution in [0.1, 0.15) is 36.2 Å². The maximum atomic E-state index is 13.2. The maximum Gasteiger partial charge on any atom is 0.262 e. The van der Waals surface area contributed by atoms with E-state index in [-0.39, 0.29) is 30.2 Å². The number of hydrogen-bond donors (Lipinski definition) is 1. The monoisotopic (exact) mass is 469 g/mol. The van der Waals surface area contributed by atoms with Crippen LogP contribution in [0.2, 0.25) is 0 Å². The highest BCUT2D eigenvalue weighted by Gasteiger charge is 2.35. The van der Waals surface area contributed by atoms with Gasteiger partial charge in [-0.25, -0.2) is 0 Å². The minimum absolute atomic E-state index is 0.0676. The first-order valence-corrected chi connectivity index (χ1v) is 11.7. The predicted molar refractivity (Wildman–Crippen MR) is 135 cm³/mol. The molecule has 0 radical (unpaired) electrons. The first kappa shape index (κ1) is 22.7. The van der Waals surface area contributed by atoms with Crippen molar-refractivity contribution in [1.29, 1.82) is 0 Å². The lowest BCUT2D eigenvalue weighted by molar-refractivity contribution is -0.122. The summed E-state index contributed by atoms with van der Waals surface area (Å²) in [6.45, 7) is 6.22. The molecule has 1 fully saturated rings. The second kappa shape index (κ2) is 8.91. The molecule has 0 aromatic heterocycles. The minimum Gasteiger partial charge on any atom is -0.454 e. The Morgan fingerprint density at radius 2 is 1.74 bits per heavy atom. The van der Waals surface area contributed by atoms with Gasteiger partial charge in [0.15, 0.2) is 5.75 Å². The first-order chi connectivity index (χ1) is 16.8. The average molecular weight is 470 g/mol. The van der Waals surface area contributed by atoms with Crippen molar-refractivity contribution in [3.05, 3.63) is 77.9 Å². The van der Waals surface area contributed by atoms with Crippen LogP contribution in [0.5, 0.6) is 11.5 Å². The molecule has 3 amide bonds. The molecule has 1 atom stereocenters. The lowest BCUT2D eigenvalue weighted by Gasteiger charge is -2.26. The number of benzene rings is 3. The number of ether oxygens (including phenoxy) is 1. The summed E-state index contributed by atoms with van der Waals surface area (Å²) in [6, 6.07) is 20.0. The van der Waals surface area contributed by atoms with Crippen LogP contribution in [-0.4, -0.2) is 30.3 Å². The van der Waals surface area contributed by atoms with E-state index in [4.69, 9.17) is 4.74 Å². The molecule has 1 saturated heterocycles. The number of anilines is 3. The number of rotatable bonds is 4. The lowest BCUT2D eigenvalue weighted by atomic mass is 10.1. The number of hydrogen-bond acceptors (Lipinski definition) is 4. The summed E-state index contributed by atoms with van der Waals surface area (Å²) in [6.07, 6.45) is 0.157. The van der Waals surface area contributed by atoms with Gasteiger partial charge >= 0.3 is 0 Å². The number of aryl methyl sites for hydroxylation is 1. The molecule has 0 spiro atoms. The zero-order valence-corrected chi connectivity index (χ0v) is 19.9. The fourth-order valence-corrected chi connectivity index (χ4v) is 4.58. The number of amides is 3. The van der Waals surface area contributed by atoms with Crippen molar-refractivity contribution in [3.8, 4) is 11.5 Å². The summed E-state index contributed by atoms with van der Waals surface area (Å²) in [5, 5.41) is 2.93. The van der Waals surface area contributed by atoms with Gasteiger partial charge in [-0.3, -0.25) is 14.4 Å². The number of fused-ring (bicyclic) bond motifs is 2. The third kappa shape index (κ3) is 4.25. The molecule has 3 aromatic carbocycles. The Balaban J connectivity index is 1.38. The Morgan fingerprint density at radius 3 is 2.49 bits per heavy atom. The average Bonchev–Trinajstić information content (AvgIpc) is 3.17. The molecule has 1 N–H and O–H groups in total. The molecule has 5 rings (SSSR count). The van der Waals surface area contributed by atoms with Crippen LogP contribution in [-0.2, 0) is 9.59 Å². The Morgan fingerprint density at radius 1 is 1.00 bits per heavy atom. The van der Waals surface area contributed by atoms with Gasteiger partial charge in [0.25, 0.3) is 5.91 Å². The van der Waals surface area contributed by atoms with E-state index < -0.39 is 5.92 Å². The standard InChI is InChI=1S/C28H27N3O4/c1-17(2)31-23-13-10-20(15-25(23)35-24-7-5-4-6-22(24)28(31)34)29-27(33)19-14-26(32)30(16-19)21-11-8-18(3)9-12-21/h4-13,15,17,19H,14,16H2,1-3H3,(H,29,33). The van der Waals surface area contributed by atoms with Crippen molar-refractivity contribution in [2.24, 2.45) is 5.92 Å². The molecule has 0 aliphatic carbocycles. The van der Waals surface area contributed by atoms with Crippen molar-refractivity contribution >= 4 is 34.8 Å². The van der Waals surface area contributed by atoms with E-state index in [9.17, 15) is 14.4 Å². The van der Waals surface area contributed by atoms with E-state index in [1.54, 1.807) is 40.1 Å². The minimum atomic E-state index is -0.460. The number of nitrogens with zero attached hydrogens (tertiary/aromatic N) is 2. The number of para-hydroxylation sites is 1. The zero-order valence-electron chi connectivity index (χ0n) is 19.9. The van der Waals surface area contributed by atoms with Crippen LogP contribution in [0, 0.1) is 12.8 Å². The van der Waals surface area contributed by atoms with Gasteiger partial charge in [0.05, 0.1) is 17.2 Å². The largest absolute Gasteiger partial charge is 0.454 e. The summed E-state index contributed by atoms with van der Waals surface area (Å²) < 4.78 is 6.13. The molecule has 35 heavy (non-hydrogen) atoms. The normalized spacial score (nSPS) is 17.1. The molecule has 2 aliphatic heterocycles. The molecule has 2 aliphatic rings. The summed E-state index contributed by atoms with van der Waals surface area (Å²) in [4.78, 5) is 42.2. The van der Waals surface area contributed by atoms with Gasteiger partial charge in [-0.1, -0.05) is 29.8 Å². The van der Waals surface area contributed by atoms with Crippen LogP contribution in [0.4, 0.5) is 17.1 Å². The van der Waals surface area contributed by atoms with Gasteiger partial charge in [0.2, 0.25) is 11.8 Å². The van der Waals surface area contributed by atoms with Gasteiger partial charge in [-0.2, -0.15) is 0 Å². The Bertz CT molecular complexity index is 1320. The molecule has 1 unspecified atom stereocenters. The Hall–Kier alpha value is -4.13. The van der Waals surface area contributed by atoms with E-state index in [0.717, 1.165) is 11.3 Å². The third-order valence-corrected chi connectivity index (χ3v) is 6.40. The number of carbonyl (C=O) groups excluding carboxylic acids is 3. The molecular weight excluding hydrogens is 442 g/mol. The van der Waals surface area contributed by atoms with E-state index in [2.05, 4.69) is 5.32 Å². The van der Waals surface area contributed by atoms with Gasteiger partial charge in [-0.15, -0.1) is 0 Å². The number of carbonyl (C=O) groups is 3. The van der Waals surface area contributed by atoms with E-state index in [0.29, 0.717) is 35.0 Å². The second-order valence-electron chi connectivity index (χ2n) is 9.28. The van der Waals surface area contributed by atoms with Crippen molar-refractivity contribution in [3.63, 3.8) is 0 Å². The smallest absolute Gasteiger partial charge is 0.262 e. The zero-order chi connectivity index (χ0) is 24.7. The van der Waals surface area contributed by atoms with E-state index >= 15 is 0 Å². The van der Waals surface area contributed by atoms with Crippen LogP contribution >= 0.6 is 0 Å². The van der Waals surface area contributed by atoms with Gasteiger partial charge in [-0.05, 0) is 57.2 Å². The molecule has 0 bridgehead atoms. The molecule has 7 nitrogen and oxygen atoms in total. The molecule has 3 aromatic rings.